The molecule has 0 spiro atoms. The van der Waals surface area contributed by atoms with Gasteiger partial charge in [0.25, 0.3) is 0 Å². The number of anilines is 1. The second-order valence-corrected chi connectivity index (χ2v) is 4.28. The molecular formula is C13H18N2O3. The molecule has 1 aromatic rings. The molecule has 2 N–H and O–H groups in total. The fourth-order valence-electron chi connectivity index (χ4n) is 1.94. The molecule has 2 rings (SSSR count). The van der Waals surface area contributed by atoms with E-state index in [4.69, 9.17) is 15.2 Å². The van der Waals surface area contributed by atoms with Crippen LogP contribution in [0.15, 0.2) is 18.2 Å². The molecule has 1 heterocycles. The van der Waals surface area contributed by atoms with Crippen molar-refractivity contribution in [1.29, 1.82) is 0 Å². The Morgan fingerprint density at radius 3 is 2.83 bits per heavy atom. The van der Waals surface area contributed by atoms with E-state index in [-0.39, 0.29) is 18.6 Å². The molecule has 0 saturated carbocycles. The summed E-state index contributed by atoms with van der Waals surface area (Å²) in [4.78, 5) is 13.8. The van der Waals surface area contributed by atoms with Crippen LogP contribution in [0.25, 0.3) is 0 Å². The molecule has 1 aliphatic heterocycles. The van der Waals surface area contributed by atoms with Crippen molar-refractivity contribution in [3.05, 3.63) is 18.2 Å². The summed E-state index contributed by atoms with van der Waals surface area (Å²) >= 11 is 0. The zero-order valence-corrected chi connectivity index (χ0v) is 10.7. The molecule has 1 aromatic carbocycles. The normalized spacial score (nSPS) is 14.4. The number of amides is 1. The Balaban J connectivity index is 2.18. The third-order valence-electron chi connectivity index (χ3n) is 3.20. The highest BCUT2D eigenvalue weighted by Crippen LogP contribution is 2.35. The molecule has 1 aliphatic rings. The van der Waals surface area contributed by atoms with Crippen LogP contribution >= 0.6 is 0 Å². The molecule has 0 radical (unpaired) electrons. The Hall–Kier alpha value is -1.75. The van der Waals surface area contributed by atoms with Crippen LogP contribution in [0.5, 0.6) is 11.5 Å². The number of nitrogens with zero attached hydrogens (tertiary/aromatic N) is 1. The number of carbonyl (C=O) groups is 1. The molecule has 98 valence electrons. The molecule has 0 bridgehead atoms. The number of nitrogens with two attached hydrogens (primary N) is 1. The van der Waals surface area contributed by atoms with Crippen LogP contribution in [0.4, 0.5) is 5.69 Å². The summed E-state index contributed by atoms with van der Waals surface area (Å²) in [5.41, 5.74) is 6.39. The van der Waals surface area contributed by atoms with Gasteiger partial charge in [0, 0.05) is 25.3 Å². The lowest BCUT2D eigenvalue weighted by Crippen LogP contribution is -2.36. The number of fused-ring (bicyclic) bond motifs is 1. The fraction of sp³-hybridized carbons (Fsp3) is 0.462. The lowest BCUT2D eigenvalue weighted by Gasteiger charge is -2.22. The van der Waals surface area contributed by atoms with E-state index in [0.717, 1.165) is 12.1 Å². The van der Waals surface area contributed by atoms with Gasteiger partial charge in [0.2, 0.25) is 12.7 Å². The highest BCUT2D eigenvalue weighted by atomic mass is 16.7. The van der Waals surface area contributed by atoms with E-state index in [1.807, 2.05) is 25.1 Å². The number of carbonyl (C=O) groups excluding carboxylic acids is 1. The maximum atomic E-state index is 12.2. The Morgan fingerprint density at radius 2 is 2.17 bits per heavy atom. The van der Waals surface area contributed by atoms with Crippen molar-refractivity contribution >= 4 is 11.6 Å². The zero-order valence-electron chi connectivity index (χ0n) is 10.7. The van der Waals surface area contributed by atoms with Gasteiger partial charge in [-0.05, 0) is 18.6 Å². The van der Waals surface area contributed by atoms with Gasteiger partial charge in [-0.3, -0.25) is 4.79 Å². The van der Waals surface area contributed by atoms with E-state index in [0.29, 0.717) is 18.0 Å². The fourth-order valence-corrected chi connectivity index (χ4v) is 1.94. The van der Waals surface area contributed by atoms with Crippen LogP contribution in [0, 0.1) is 5.92 Å². The number of hydrogen-bond donors (Lipinski definition) is 1. The van der Waals surface area contributed by atoms with Gasteiger partial charge < -0.3 is 20.1 Å². The minimum Gasteiger partial charge on any atom is -0.454 e. The zero-order chi connectivity index (χ0) is 13.1. The predicted molar refractivity (Wildman–Crippen MR) is 68.8 cm³/mol. The molecule has 18 heavy (non-hydrogen) atoms. The first-order valence-corrected chi connectivity index (χ1v) is 6.04. The number of benzene rings is 1. The van der Waals surface area contributed by atoms with Gasteiger partial charge in [-0.1, -0.05) is 6.92 Å². The molecule has 5 heteroatoms. The van der Waals surface area contributed by atoms with Gasteiger partial charge in [-0.15, -0.1) is 0 Å². The van der Waals surface area contributed by atoms with Gasteiger partial charge in [0.05, 0.1) is 5.92 Å². The van der Waals surface area contributed by atoms with Gasteiger partial charge in [-0.2, -0.15) is 0 Å². The average Bonchev–Trinajstić information content (AvgIpc) is 2.86. The lowest BCUT2D eigenvalue weighted by atomic mass is 10.1. The highest BCUT2D eigenvalue weighted by molar-refractivity contribution is 5.95. The maximum absolute atomic E-state index is 12.2. The number of rotatable bonds is 4. The smallest absolute Gasteiger partial charge is 0.231 e. The second-order valence-electron chi connectivity index (χ2n) is 4.28. The van der Waals surface area contributed by atoms with E-state index in [1.165, 1.54) is 0 Å². The molecule has 0 aliphatic carbocycles. The highest BCUT2D eigenvalue weighted by Gasteiger charge is 2.22. The summed E-state index contributed by atoms with van der Waals surface area (Å²) in [6.07, 6.45) is 0.740. The topological polar surface area (TPSA) is 64.8 Å². The quantitative estimate of drug-likeness (QED) is 0.876. The minimum atomic E-state index is -0.138. The summed E-state index contributed by atoms with van der Waals surface area (Å²) in [6, 6.07) is 5.46. The van der Waals surface area contributed by atoms with E-state index < -0.39 is 0 Å². The Labute approximate surface area is 106 Å². The Kier molecular flexibility index (Phi) is 3.72. The molecule has 5 nitrogen and oxygen atoms in total. The summed E-state index contributed by atoms with van der Waals surface area (Å²) in [5, 5.41) is 0. The van der Waals surface area contributed by atoms with Gasteiger partial charge in [-0.25, -0.2) is 0 Å². The second kappa shape index (κ2) is 5.27. The Morgan fingerprint density at radius 1 is 1.44 bits per heavy atom. The van der Waals surface area contributed by atoms with Crippen LogP contribution in [-0.2, 0) is 4.79 Å². The molecule has 1 atom stereocenters. The molecule has 0 fully saturated rings. The summed E-state index contributed by atoms with van der Waals surface area (Å²) < 4.78 is 10.5. The van der Waals surface area contributed by atoms with E-state index in [9.17, 15) is 4.79 Å². The van der Waals surface area contributed by atoms with Crippen molar-refractivity contribution < 1.29 is 14.3 Å². The van der Waals surface area contributed by atoms with Crippen LogP contribution < -0.4 is 20.1 Å². The van der Waals surface area contributed by atoms with Crippen LogP contribution in [-0.4, -0.2) is 26.3 Å². The van der Waals surface area contributed by atoms with E-state index in [2.05, 4.69) is 0 Å². The first kappa shape index (κ1) is 12.7. The average molecular weight is 250 g/mol. The van der Waals surface area contributed by atoms with Crippen LogP contribution in [0.2, 0.25) is 0 Å². The van der Waals surface area contributed by atoms with Crippen molar-refractivity contribution in [2.24, 2.45) is 11.7 Å². The Bertz CT molecular complexity index is 444. The van der Waals surface area contributed by atoms with Gasteiger partial charge in [0.1, 0.15) is 0 Å². The predicted octanol–water partition coefficient (Wildman–Crippen LogP) is 1.36. The van der Waals surface area contributed by atoms with Crippen molar-refractivity contribution in [1.82, 2.24) is 0 Å². The molecule has 0 saturated heterocycles. The van der Waals surface area contributed by atoms with E-state index >= 15 is 0 Å². The van der Waals surface area contributed by atoms with Crippen molar-refractivity contribution in [2.75, 3.05) is 25.3 Å². The summed E-state index contributed by atoms with van der Waals surface area (Å²) in [5.74, 6) is 1.28. The number of hydrogen-bond acceptors (Lipinski definition) is 4. The standard InChI is InChI=1S/C13H18N2O3/c1-3-9(7-14)13(16)15(2)10-4-5-11-12(6-10)18-8-17-11/h4-6,9H,3,7-8,14H2,1-2H3. The first-order chi connectivity index (χ1) is 8.67. The third kappa shape index (κ3) is 2.26. The lowest BCUT2D eigenvalue weighted by molar-refractivity contribution is -0.121. The monoisotopic (exact) mass is 250 g/mol. The minimum absolute atomic E-state index is 0.0267. The van der Waals surface area contributed by atoms with E-state index in [1.54, 1.807) is 11.9 Å². The SMILES string of the molecule is CCC(CN)C(=O)N(C)c1ccc2c(c1)OCO2. The molecule has 0 aromatic heterocycles. The largest absolute Gasteiger partial charge is 0.454 e. The number of ether oxygens (including phenoxy) is 2. The maximum Gasteiger partial charge on any atom is 0.231 e. The summed E-state index contributed by atoms with van der Waals surface area (Å²) in [6.45, 7) is 2.56. The van der Waals surface area contributed by atoms with Gasteiger partial charge >= 0.3 is 0 Å². The van der Waals surface area contributed by atoms with Crippen LogP contribution in [0.3, 0.4) is 0 Å². The molecule has 1 amide bonds. The molecular weight excluding hydrogens is 232 g/mol. The summed E-state index contributed by atoms with van der Waals surface area (Å²) in [7, 11) is 1.75. The molecule has 1 unspecified atom stereocenters. The van der Waals surface area contributed by atoms with Gasteiger partial charge in [0.15, 0.2) is 11.5 Å². The first-order valence-electron chi connectivity index (χ1n) is 6.04. The van der Waals surface area contributed by atoms with Crippen molar-refractivity contribution in [3.63, 3.8) is 0 Å². The van der Waals surface area contributed by atoms with Crippen molar-refractivity contribution in [2.45, 2.75) is 13.3 Å². The van der Waals surface area contributed by atoms with Crippen LogP contribution in [0.1, 0.15) is 13.3 Å². The van der Waals surface area contributed by atoms with Crippen molar-refractivity contribution in [3.8, 4) is 11.5 Å². The third-order valence-corrected chi connectivity index (χ3v) is 3.20.